The lowest BCUT2D eigenvalue weighted by Crippen LogP contribution is -2.08. The molecule has 2 rings (SSSR count). The molecule has 0 bridgehead atoms. The molecule has 2 aromatic heterocycles. The first kappa shape index (κ1) is 11.7. The van der Waals surface area contributed by atoms with Gasteiger partial charge < -0.3 is 11.1 Å². The van der Waals surface area contributed by atoms with Crippen LogP contribution in [-0.2, 0) is 0 Å². The molecule has 2 aromatic rings. The monoisotopic (exact) mass is 248 g/mol. The van der Waals surface area contributed by atoms with Gasteiger partial charge in [0, 0.05) is 24.1 Å². The first-order valence-electron chi connectivity index (χ1n) is 5.24. The summed E-state index contributed by atoms with van der Waals surface area (Å²) in [5.41, 5.74) is 7.36. The molecule has 3 N–H and O–H groups in total. The maximum atomic E-state index is 5.84. The van der Waals surface area contributed by atoms with Gasteiger partial charge in [-0.1, -0.05) is 17.7 Å². The normalized spacial score (nSPS) is 12.1. The lowest BCUT2D eigenvalue weighted by molar-refractivity contribution is 0.866. The van der Waals surface area contributed by atoms with Gasteiger partial charge in [-0.15, -0.1) is 0 Å². The number of nitrogens with zero attached hydrogens (tertiary/aromatic N) is 2. The molecule has 17 heavy (non-hydrogen) atoms. The van der Waals surface area contributed by atoms with Gasteiger partial charge in [0.1, 0.15) is 11.0 Å². The van der Waals surface area contributed by atoms with Gasteiger partial charge in [0.2, 0.25) is 0 Å². The molecule has 1 unspecified atom stereocenters. The standard InChI is InChI=1S/C12H13ClN4/c1-8(9-3-2-4-15-7-9)16-12-6-10(14)5-11(13)17-12/h2-8H,1H3,(H3,14,16,17). The third-order valence-corrected chi connectivity index (χ3v) is 2.56. The number of hydrogen-bond acceptors (Lipinski definition) is 4. The fourth-order valence-electron chi connectivity index (χ4n) is 1.53. The van der Waals surface area contributed by atoms with E-state index in [9.17, 15) is 0 Å². The first-order chi connectivity index (χ1) is 8.15. The number of aromatic nitrogens is 2. The average Bonchev–Trinajstić information content (AvgIpc) is 2.28. The van der Waals surface area contributed by atoms with Crippen molar-refractivity contribution in [3.63, 3.8) is 0 Å². The van der Waals surface area contributed by atoms with Gasteiger partial charge in [0.05, 0.1) is 6.04 Å². The molecule has 0 aromatic carbocycles. The molecule has 0 aliphatic carbocycles. The Morgan fingerprint density at radius 1 is 1.41 bits per heavy atom. The Bertz CT molecular complexity index is 481. The quantitative estimate of drug-likeness (QED) is 0.820. The van der Waals surface area contributed by atoms with Crippen LogP contribution in [0.1, 0.15) is 18.5 Å². The number of pyridine rings is 2. The van der Waals surface area contributed by atoms with Crippen molar-refractivity contribution in [3.8, 4) is 0 Å². The first-order valence-corrected chi connectivity index (χ1v) is 5.62. The van der Waals surface area contributed by atoms with Crippen molar-refractivity contribution in [2.75, 3.05) is 11.1 Å². The van der Waals surface area contributed by atoms with Gasteiger partial charge in [-0.3, -0.25) is 4.98 Å². The van der Waals surface area contributed by atoms with E-state index >= 15 is 0 Å². The fraction of sp³-hybridized carbons (Fsp3) is 0.167. The lowest BCUT2D eigenvalue weighted by atomic mass is 10.1. The number of rotatable bonds is 3. The van der Waals surface area contributed by atoms with Gasteiger partial charge in [-0.25, -0.2) is 4.98 Å². The number of anilines is 2. The molecule has 0 spiro atoms. The molecule has 0 saturated carbocycles. The maximum absolute atomic E-state index is 5.84. The molecule has 4 nitrogen and oxygen atoms in total. The van der Waals surface area contributed by atoms with Gasteiger partial charge in [-0.05, 0) is 24.6 Å². The molecule has 0 saturated heterocycles. The van der Waals surface area contributed by atoms with Crippen molar-refractivity contribution >= 4 is 23.1 Å². The van der Waals surface area contributed by atoms with E-state index in [1.54, 1.807) is 18.3 Å². The summed E-state index contributed by atoms with van der Waals surface area (Å²) in [6, 6.07) is 7.35. The third-order valence-electron chi connectivity index (χ3n) is 2.37. The van der Waals surface area contributed by atoms with Crippen molar-refractivity contribution in [2.45, 2.75) is 13.0 Å². The van der Waals surface area contributed by atoms with Crippen LogP contribution in [-0.4, -0.2) is 9.97 Å². The molecule has 88 valence electrons. The predicted molar refractivity (Wildman–Crippen MR) is 69.9 cm³/mol. The van der Waals surface area contributed by atoms with Crippen molar-refractivity contribution in [2.24, 2.45) is 0 Å². The molecular weight excluding hydrogens is 236 g/mol. The van der Waals surface area contributed by atoms with Crippen molar-refractivity contribution in [3.05, 3.63) is 47.4 Å². The van der Waals surface area contributed by atoms with E-state index < -0.39 is 0 Å². The zero-order valence-electron chi connectivity index (χ0n) is 9.39. The minimum absolute atomic E-state index is 0.0917. The number of nitrogens with two attached hydrogens (primary N) is 1. The second-order valence-electron chi connectivity index (χ2n) is 3.76. The second kappa shape index (κ2) is 5.01. The van der Waals surface area contributed by atoms with Crippen LogP contribution in [0.2, 0.25) is 5.15 Å². The minimum atomic E-state index is 0.0917. The number of nitrogens with one attached hydrogen (secondary N) is 1. The summed E-state index contributed by atoms with van der Waals surface area (Å²) in [6.45, 7) is 2.02. The molecule has 0 fully saturated rings. The van der Waals surface area contributed by atoms with Crippen LogP contribution >= 0.6 is 11.6 Å². The molecule has 0 amide bonds. The third kappa shape index (κ3) is 3.07. The van der Waals surface area contributed by atoms with E-state index in [1.807, 2.05) is 25.3 Å². The summed E-state index contributed by atoms with van der Waals surface area (Å²) in [5, 5.41) is 3.60. The zero-order valence-corrected chi connectivity index (χ0v) is 10.1. The van der Waals surface area contributed by atoms with Gasteiger partial charge in [0.15, 0.2) is 0 Å². The highest BCUT2D eigenvalue weighted by atomic mass is 35.5. The SMILES string of the molecule is CC(Nc1cc(N)cc(Cl)n1)c1cccnc1. The van der Waals surface area contributed by atoms with Crippen LogP contribution in [0, 0.1) is 0 Å². The maximum Gasteiger partial charge on any atom is 0.133 e. The van der Waals surface area contributed by atoms with E-state index in [4.69, 9.17) is 17.3 Å². The Labute approximate surface area is 105 Å². The van der Waals surface area contributed by atoms with E-state index in [1.165, 1.54) is 0 Å². The summed E-state index contributed by atoms with van der Waals surface area (Å²) in [6.07, 6.45) is 3.55. The summed E-state index contributed by atoms with van der Waals surface area (Å²) in [7, 11) is 0. The summed E-state index contributed by atoms with van der Waals surface area (Å²) >= 11 is 5.84. The topological polar surface area (TPSA) is 63.8 Å². The lowest BCUT2D eigenvalue weighted by Gasteiger charge is -2.14. The average molecular weight is 249 g/mol. The predicted octanol–water partition coefficient (Wildman–Crippen LogP) is 2.89. The number of halogens is 1. The molecule has 2 heterocycles. The van der Waals surface area contributed by atoms with E-state index in [2.05, 4.69) is 15.3 Å². The van der Waals surface area contributed by atoms with Crippen LogP contribution in [0.5, 0.6) is 0 Å². The molecule has 0 aliphatic heterocycles. The fourth-order valence-corrected chi connectivity index (χ4v) is 1.74. The van der Waals surface area contributed by atoms with Crippen LogP contribution in [0.3, 0.4) is 0 Å². The number of hydrogen-bond donors (Lipinski definition) is 2. The number of nitrogen functional groups attached to an aromatic ring is 1. The Morgan fingerprint density at radius 3 is 2.88 bits per heavy atom. The molecular formula is C12H13ClN4. The largest absolute Gasteiger partial charge is 0.399 e. The molecule has 5 heteroatoms. The molecule has 0 radical (unpaired) electrons. The minimum Gasteiger partial charge on any atom is -0.399 e. The van der Waals surface area contributed by atoms with E-state index in [0.29, 0.717) is 16.7 Å². The molecule has 0 aliphatic rings. The van der Waals surface area contributed by atoms with Crippen molar-refractivity contribution in [1.29, 1.82) is 0 Å². The Morgan fingerprint density at radius 2 is 2.24 bits per heavy atom. The highest BCUT2D eigenvalue weighted by Gasteiger charge is 2.06. The van der Waals surface area contributed by atoms with Crippen molar-refractivity contribution < 1.29 is 0 Å². The summed E-state index contributed by atoms with van der Waals surface area (Å²) < 4.78 is 0. The zero-order chi connectivity index (χ0) is 12.3. The van der Waals surface area contributed by atoms with Crippen LogP contribution in [0.15, 0.2) is 36.7 Å². The Kier molecular flexibility index (Phi) is 3.44. The van der Waals surface area contributed by atoms with Gasteiger partial charge >= 0.3 is 0 Å². The van der Waals surface area contributed by atoms with Crippen molar-refractivity contribution in [1.82, 2.24) is 9.97 Å². The van der Waals surface area contributed by atoms with Gasteiger partial charge in [0.25, 0.3) is 0 Å². The summed E-state index contributed by atoms with van der Waals surface area (Å²) in [5.74, 6) is 0.659. The van der Waals surface area contributed by atoms with Crippen LogP contribution in [0.4, 0.5) is 11.5 Å². The highest BCUT2D eigenvalue weighted by Crippen LogP contribution is 2.20. The van der Waals surface area contributed by atoms with E-state index in [-0.39, 0.29) is 6.04 Å². The smallest absolute Gasteiger partial charge is 0.133 e. The Hall–Kier alpha value is -1.81. The second-order valence-corrected chi connectivity index (χ2v) is 4.15. The van der Waals surface area contributed by atoms with Crippen LogP contribution in [0.25, 0.3) is 0 Å². The van der Waals surface area contributed by atoms with E-state index in [0.717, 1.165) is 5.56 Å². The van der Waals surface area contributed by atoms with Gasteiger partial charge in [-0.2, -0.15) is 0 Å². The molecule has 1 atom stereocenters. The van der Waals surface area contributed by atoms with Crippen LogP contribution < -0.4 is 11.1 Å². The highest BCUT2D eigenvalue weighted by molar-refractivity contribution is 6.29. The Balaban J connectivity index is 2.16. The summed E-state index contributed by atoms with van der Waals surface area (Å²) in [4.78, 5) is 8.22.